The third kappa shape index (κ3) is 2.62. The summed E-state index contributed by atoms with van der Waals surface area (Å²) in [7, 11) is 0. The Morgan fingerprint density at radius 3 is 2.69 bits per heavy atom. The summed E-state index contributed by atoms with van der Waals surface area (Å²) >= 11 is 0. The number of hydrogen-bond acceptors (Lipinski definition) is 4. The molecule has 1 rings (SSSR count). The van der Waals surface area contributed by atoms with Crippen molar-refractivity contribution in [1.29, 1.82) is 0 Å². The molecule has 0 saturated heterocycles. The van der Waals surface area contributed by atoms with Gasteiger partial charge < -0.3 is 10.4 Å². The first-order chi connectivity index (χ1) is 6.24. The van der Waals surface area contributed by atoms with Gasteiger partial charge in [0.15, 0.2) is 0 Å². The van der Waals surface area contributed by atoms with Gasteiger partial charge in [-0.3, -0.25) is 11.3 Å². The van der Waals surface area contributed by atoms with Crippen LogP contribution in [0.4, 0.5) is 10.5 Å². The Hall–Kier alpha value is -1.79. The lowest BCUT2D eigenvalue weighted by Crippen LogP contribution is -2.44. The van der Waals surface area contributed by atoms with Crippen LogP contribution in [-0.2, 0) is 0 Å². The number of nitrogens with two attached hydrogens (primary N) is 1. The summed E-state index contributed by atoms with van der Waals surface area (Å²) in [5, 5.41) is 11.6. The van der Waals surface area contributed by atoms with Crippen LogP contribution in [0.15, 0.2) is 24.3 Å². The van der Waals surface area contributed by atoms with Crippen LogP contribution in [0, 0.1) is 0 Å². The van der Waals surface area contributed by atoms with Gasteiger partial charge in [0.25, 0.3) is 0 Å². The van der Waals surface area contributed by atoms with Gasteiger partial charge >= 0.3 is 6.03 Å². The van der Waals surface area contributed by atoms with E-state index in [-0.39, 0.29) is 5.75 Å². The molecule has 2 amide bonds. The molecular formula is C7H10N4O2. The third-order valence-corrected chi connectivity index (χ3v) is 1.34. The van der Waals surface area contributed by atoms with Gasteiger partial charge in [-0.25, -0.2) is 4.79 Å². The predicted molar refractivity (Wildman–Crippen MR) is 47.6 cm³/mol. The molecule has 6 heteroatoms. The van der Waals surface area contributed by atoms with Crippen LogP contribution in [0.1, 0.15) is 0 Å². The van der Waals surface area contributed by atoms with E-state index in [1.54, 1.807) is 18.2 Å². The molecule has 1 aromatic rings. The summed E-state index contributed by atoms with van der Waals surface area (Å²) in [5.74, 6) is 4.83. The molecule has 70 valence electrons. The summed E-state index contributed by atoms with van der Waals surface area (Å²) < 4.78 is 0. The number of hydrazine groups is 2. The van der Waals surface area contributed by atoms with Gasteiger partial charge in [0, 0.05) is 0 Å². The zero-order valence-corrected chi connectivity index (χ0v) is 6.74. The number of urea groups is 1. The second-order valence-electron chi connectivity index (χ2n) is 2.24. The van der Waals surface area contributed by atoms with Crippen LogP contribution in [0.25, 0.3) is 0 Å². The Morgan fingerprint density at radius 1 is 1.38 bits per heavy atom. The van der Waals surface area contributed by atoms with Crippen molar-refractivity contribution in [2.45, 2.75) is 0 Å². The molecule has 0 spiro atoms. The van der Waals surface area contributed by atoms with Gasteiger partial charge in [0.2, 0.25) is 0 Å². The number of rotatable bonds is 2. The predicted octanol–water partition coefficient (Wildman–Crippen LogP) is -0.108. The molecule has 0 aliphatic heterocycles. The fraction of sp³-hybridized carbons (Fsp3) is 0. The van der Waals surface area contributed by atoms with Crippen molar-refractivity contribution in [1.82, 2.24) is 11.0 Å². The van der Waals surface area contributed by atoms with Crippen LogP contribution in [0.2, 0.25) is 0 Å². The van der Waals surface area contributed by atoms with Crippen molar-refractivity contribution in [2.75, 3.05) is 5.32 Å². The SMILES string of the molecule is NNNC(=O)Nc1ccccc1O. The van der Waals surface area contributed by atoms with E-state index >= 15 is 0 Å². The van der Waals surface area contributed by atoms with Crippen molar-refractivity contribution in [2.24, 2.45) is 5.84 Å². The molecule has 6 N–H and O–H groups in total. The maximum atomic E-state index is 10.9. The first-order valence-corrected chi connectivity index (χ1v) is 3.54. The fourth-order valence-electron chi connectivity index (χ4n) is 0.798. The molecule has 13 heavy (non-hydrogen) atoms. The van der Waals surface area contributed by atoms with Crippen LogP contribution in [0.3, 0.4) is 0 Å². The number of amides is 2. The Labute approximate surface area is 74.7 Å². The lowest BCUT2D eigenvalue weighted by Gasteiger charge is -2.06. The summed E-state index contributed by atoms with van der Waals surface area (Å²) in [4.78, 5) is 10.9. The smallest absolute Gasteiger partial charge is 0.334 e. The van der Waals surface area contributed by atoms with E-state index < -0.39 is 6.03 Å². The van der Waals surface area contributed by atoms with Crippen LogP contribution >= 0.6 is 0 Å². The largest absolute Gasteiger partial charge is 0.506 e. The first-order valence-electron chi connectivity index (χ1n) is 3.54. The number of phenols is 1. The lowest BCUT2D eigenvalue weighted by atomic mass is 10.3. The number of carbonyl (C=O) groups is 1. The molecule has 0 unspecified atom stereocenters. The average molecular weight is 182 g/mol. The lowest BCUT2D eigenvalue weighted by molar-refractivity contribution is 0.248. The molecular weight excluding hydrogens is 172 g/mol. The van der Waals surface area contributed by atoms with Gasteiger partial charge in [-0.15, -0.1) is 0 Å². The maximum absolute atomic E-state index is 10.9. The molecule has 6 nitrogen and oxygen atoms in total. The highest BCUT2D eigenvalue weighted by Gasteiger charge is 2.02. The Morgan fingerprint density at radius 2 is 2.08 bits per heavy atom. The molecule has 0 bridgehead atoms. The minimum Gasteiger partial charge on any atom is -0.506 e. The second-order valence-corrected chi connectivity index (χ2v) is 2.24. The van der Waals surface area contributed by atoms with Gasteiger partial charge in [-0.2, -0.15) is 5.53 Å². The van der Waals surface area contributed by atoms with Crippen molar-refractivity contribution in [3.8, 4) is 5.75 Å². The molecule has 1 aromatic carbocycles. The molecule has 0 saturated carbocycles. The standard InChI is InChI=1S/C7H10N4O2/c8-11-10-7(13)9-5-3-1-2-4-6(5)12/h1-4,11-12H,8H2,(H2,9,10,13). The number of phenolic OH excluding ortho intramolecular Hbond substituents is 1. The summed E-state index contributed by atoms with van der Waals surface area (Å²) in [5.41, 5.74) is 4.37. The number of nitrogens with one attached hydrogen (secondary N) is 3. The average Bonchev–Trinajstić information content (AvgIpc) is 2.09. The van der Waals surface area contributed by atoms with Crippen molar-refractivity contribution in [3.05, 3.63) is 24.3 Å². The van der Waals surface area contributed by atoms with E-state index in [0.717, 1.165) is 0 Å². The van der Waals surface area contributed by atoms with E-state index in [2.05, 4.69) is 10.7 Å². The van der Waals surface area contributed by atoms with Gasteiger partial charge in [0.1, 0.15) is 5.75 Å². The number of aromatic hydroxyl groups is 1. The quantitative estimate of drug-likeness (QED) is 0.250. The monoisotopic (exact) mass is 182 g/mol. The minimum absolute atomic E-state index is 0.00493. The number of carbonyl (C=O) groups excluding carboxylic acids is 1. The maximum Gasteiger partial charge on any atom is 0.334 e. The number of anilines is 1. The van der Waals surface area contributed by atoms with Crippen LogP contribution in [-0.4, -0.2) is 11.1 Å². The van der Waals surface area contributed by atoms with Gasteiger partial charge in [-0.1, -0.05) is 12.1 Å². The zero-order valence-electron chi connectivity index (χ0n) is 6.74. The van der Waals surface area contributed by atoms with Crippen molar-refractivity contribution in [3.63, 3.8) is 0 Å². The van der Waals surface area contributed by atoms with E-state index in [9.17, 15) is 9.90 Å². The molecule has 0 fully saturated rings. The molecule has 0 atom stereocenters. The highest BCUT2D eigenvalue weighted by molar-refractivity contribution is 5.90. The first kappa shape index (κ1) is 9.30. The molecule has 0 aromatic heterocycles. The highest BCUT2D eigenvalue weighted by atomic mass is 16.3. The van der Waals surface area contributed by atoms with Gasteiger partial charge in [-0.05, 0) is 12.1 Å². The molecule has 0 radical (unpaired) electrons. The topological polar surface area (TPSA) is 99.4 Å². The highest BCUT2D eigenvalue weighted by Crippen LogP contribution is 2.20. The molecule has 0 aliphatic rings. The zero-order chi connectivity index (χ0) is 9.68. The number of para-hydroxylation sites is 2. The van der Waals surface area contributed by atoms with E-state index in [1.165, 1.54) is 6.07 Å². The number of hydrogen-bond donors (Lipinski definition) is 5. The Bertz CT molecular complexity index is 302. The van der Waals surface area contributed by atoms with Crippen molar-refractivity contribution < 1.29 is 9.90 Å². The third-order valence-electron chi connectivity index (χ3n) is 1.34. The molecule has 0 heterocycles. The number of benzene rings is 1. The van der Waals surface area contributed by atoms with E-state index in [1.807, 2.05) is 5.53 Å². The molecule has 0 aliphatic carbocycles. The van der Waals surface area contributed by atoms with E-state index in [4.69, 9.17) is 5.84 Å². The van der Waals surface area contributed by atoms with Crippen molar-refractivity contribution >= 4 is 11.7 Å². The van der Waals surface area contributed by atoms with Gasteiger partial charge in [0.05, 0.1) is 5.69 Å². The Kier molecular flexibility index (Phi) is 3.07. The minimum atomic E-state index is -0.552. The summed E-state index contributed by atoms with van der Waals surface area (Å²) in [6.07, 6.45) is 0. The van der Waals surface area contributed by atoms with Crippen LogP contribution < -0.4 is 22.1 Å². The van der Waals surface area contributed by atoms with E-state index in [0.29, 0.717) is 5.69 Å². The fourth-order valence-corrected chi connectivity index (χ4v) is 0.798. The van der Waals surface area contributed by atoms with Crippen LogP contribution in [0.5, 0.6) is 5.75 Å². The summed E-state index contributed by atoms with van der Waals surface area (Å²) in [6, 6.07) is 5.81. The summed E-state index contributed by atoms with van der Waals surface area (Å²) in [6.45, 7) is 0. The Balaban J connectivity index is 2.63. The normalized spacial score (nSPS) is 9.31. The second kappa shape index (κ2) is 4.29.